The van der Waals surface area contributed by atoms with Crippen molar-refractivity contribution in [1.82, 2.24) is 4.90 Å². The first-order valence-electron chi connectivity index (χ1n) is 7.39. The summed E-state index contributed by atoms with van der Waals surface area (Å²) in [7, 11) is 0. The lowest BCUT2D eigenvalue weighted by molar-refractivity contribution is -0.130. The van der Waals surface area contributed by atoms with Crippen molar-refractivity contribution in [2.75, 3.05) is 18.8 Å². The molecule has 1 aliphatic heterocycles. The molecule has 3 nitrogen and oxygen atoms in total. The zero-order chi connectivity index (χ0) is 14.5. The van der Waals surface area contributed by atoms with Crippen LogP contribution in [-0.4, -0.2) is 29.1 Å². The van der Waals surface area contributed by atoms with E-state index in [1.54, 1.807) is 11.8 Å². The van der Waals surface area contributed by atoms with Crippen LogP contribution in [0.15, 0.2) is 23.1 Å². The Hall–Kier alpha value is -1.16. The lowest BCUT2D eigenvalue weighted by Gasteiger charge is -2.24. The highest BCUT2D eigenvalue weighted by Crippen LogP contribution is 2.27. The molecule has 4 heteroatoms. The van der Waals surface area contributed by atoms with Crippen molar-refractivity contribution in [1.29, 1.82) is 0 Å². The van der Waals surface area contributed by atoms with Crippen LogP contribution in [0.3, 0.4) is 0 Å². The fourth-order valence-electron chi connectivity index (χ4n) is 2.52. The fraction of sp³-hybridized carbons (Fsp3) is 0.562. The van der Waals surface area contributed by atoms with Gasteiger partial charge >= 0.3 is 0 Å². The Kier molecular flexibility index (Phi) is 5.35. The number of aryl methyl sites for hydroxylation is 1. The summed E-state index contributed by atoms with van der Waals surface area (Å²) >= 11 is 1.63. The monoisotopic (exact) mass is 292 g/mol. The number of carbonyl (C=O) groups is 1. The minimum atomic E-state index is -0.0314. The van der Waals surface area contributed by atoms with Crippen molar-refractivity contribution in [2.24, 2.45) is 0 Å². The molecule has 1 atom stereocenters. The van der Waals surface area contributed by atoms with Crippen LogP contribution in [0.4, 0.5) is 5.69 Å². The maximum Gasteiger partial charge on any atom is 0.235 e. The van der Waals surface area contributed by atoms with E-state index in [-0.39, 0.29) is 11.2 Å². The van der Waals surface area contributed by atoms with E-state index in [9.17, 15) is 4.79 Å². The average molecular weight is 292 g/mol. The Morgan fingerprint density at radius 2 is 1.90 bits per heavy atom. The number of nitrogens with two attached hydrogens (primary N) is 1. The molecule has 0 aromatic heterocycles. The van der Waals surface area contributed by atoms with E-state index in [1.807, 2.05) is 30.9 Å². The standard InChI is InChI=1S/C16H24N2OS/c1-12-11-14(7-8-15(12)17)20-13(2)16(19)18-9-5-3-4-6-10-18/h7-8,11,13H,3-6,9-10,17H2,1-2H3. The number of thioether (sulfide) groups is 1. The molecule has 1 aromatic rings. The zero-order valence-corrected chi connectivity index (χ0v) is 13.2. The van der Waals surface area contributed by atoms with Gasteiger partial charge in [0.05, 0.1) is 5.25 Å². The van der Waals surface area contributed by atoms with E-state index in [4.69, 9.17) is 5.73 Å². The lowest BCUT2D eigenvalue weighted by Crippen LogP contribution is -2.37. The molecular weight excluding hydrogens is 268 g/mol. The Bertz CT molecular complexity index is 468. The smallest absolute Gasteiger partial charge is 0.235 e. The van der Waals surface area contributed by atoms with E-state index in [2.05, 4.69) is 6.07 Å². The van der Waals surface area contributed by atoms with Gasteiger partial charge in [-0.15, -0.1) is 11.8 Å². The van der Waals surface area contributed by atoms with Crippen molar-refractivity contribution < 1.29 is 4.79 Å². The van der Waals surface area contributed by atoms with Gasteiger partial charge in [0.15, 0.2) is 0 Å². The Morgan fingerprint density at radius 3 is 2.50 bits per heavy atom. The number of likely N-dealkylation sites (tertiary alicyclic amines) is 1. The molecule has 1 fully saturated rings. The average Bonchev–Trinajstić information content (AvgIpc) is 2.71. The highest BCUT2D eigenvalue weighted by atomic mass is 32.2. The van der Waals surface area contributed by atoms with Crippen LogP contribution >= 0.6 is 11.8 Å². The van der Waals surface area contributed by atoms with E-state index >= 15 is 0 Å². The number of benzene rings is 1. The van der Waals surface area contributed by atoms with Crippen LogP contribution < -0.4 is 5.73 Å². The predicted molar refractivity (Wildman–Crippen MR) is 86.0 cm³/mol. The summed E-state index contributed by atoms with van der Waals surface area (Å²) < 4.78 is 0. The normalized spacial score (nSPS) is 17.6. The van der Waals surface area contributed by atoms with Crippen LogP contribution in [-0.2, 0) is 4.79 Å². The van der Waals surface area contributed by atoms with E-state index in [0.29, 0.717) is 0 Å². The van der Waals surface area contributed by atoms with E-state index in [0.717, 1.165) is 42.1 Å². The molecule has 1 amide bonds. The summed E-state index contributed by atoms with van der Waals surface area (Å²) in [5.74, 6) is 0.270. The molecule has 0 bridgehead atoms. The first-order chi connectivity index (χ1) is 9.58. The van der Waals surface area contributed by atoms with Crippen molar-refractivity contribution in [3.8, 4) is 0 Å². The second kappa shape index (κ2) is 7.02. The minimum Gasteiger partial charge on any atom is -0.399 e. The number of carbonyl (C=O) groups excluding carboxylic acids is 1. The van der Waals surface area contributed by atoms with Gasteiger partial charge in [-0.3, -0.25) is 4.79 Å². The van der Waals surface area contributed by atoms with Crippen LogP contribution in [0.1, 0.15) is 38.2 Å². The molecule has 1 saturated heterocycles. The Balaban J connectivity index is 1.97. The molecule has 2 rings (SSSR count). The molecule has 20 heavy (non-hydrogen) atoms. The van der Waals surface area contributed by atoms with Crippen LogP contribution in [0.5, 0.6) is 0 Å². The first kappa shape index (κ1) is 15.2. The number of nitrogen functional groups attached to an aromatic ring is 1. The second-order valence-corrected chi connectivity index (χ2v) is 6.93. The number of amides is 1. The molecule has 0 radical (unpaired) electrons. The second-order valence-electron chi connectivity index (χ2n) is 5.52. The first-order valence-corrected chi connectivity index (χ1v) is 8.27. The number of hydrogen-bond acceptors (Lipinski definition) is 3. The molecule has 1 unspecified atom stereocenters. The maximum atomic E-state index is 12.5. The van der Waals surface area contributed by atoms with Gasteiger partial charge in [-0.05, 0) is 50.5 Å². The van der Waals surface area contributed by atoms with Gasteiger partial charge < -0.3 is 10.6 Å². The highest BCUT2D eigenvalue weighted by molar-refractivity contribution is 8.00. The van der Waals surface area contributed by atoms with Crippen LogP contribution in [0.25, 0.3) is 0 Å². The summed E-state index contributed by atoms with van der Waals surface area (Å²) in [6, 6.07) is 5.98. The van der Waals surface area contributed by atoms with Gasteiger partial charge in [-0.1, -0.05) is 12.8 Å². The van der Waals surface area contributed by atoms with Gasteiger partial charge in [0, 0.05) is 23.7 Å². The largest absolute Gasteiger partial charge is 0.399 e. The van der Waals surface area contributed by atoms with Crippen molar-refractivity contribution in [2.45, 2.75) is 49.7 Å². The third kappa shape index (κ3) is 3.92. The third-order valence-electron chi connectivity index (χ3n) is 3.82. The molecular formula is C16H24N2OS. The number of hydrogen-bond donors (Lipinski definition) is 1. The molecule has 0 saturated carbocycles. The zero-order valence-electron chi connectivity index (χ0n) is 12.4. The molecule has 1 heterocycles. The lowest BCUT2D eigenvalue weighted by atomic mass is 10.2. The highest BCUT2D eigenvalue weighted by Gasteiger charge is 2.22. The van der Waals surface area contributed by atoms with Crippen molar-refractivity contribution in [3.63, 3.8) is 0 Å². The van der Waals surface area contributed by atoms with Gasteiger partial charge in [0.25, 0.3) is 0 Å². The summed E-state index contributed by atoms with van der Waals surface area (Å²) in [5.41, 5.74) is 7.71. The Morgan fingerprint density at radius 1 is 1.25 bits per heavy atom. The quantitative estimate of drug-likeness (QED) is 0.685. The fourth-order valence-corrected chi connectivity index (χ4v) is 3.57. The molecule has 1 aliphatic rings. The molecule has 0 spiro atoms. The molecule has 0 aliphatic carbocycles. The summed E-state index contributed by atoms with van der Waals surface area (Å²) in [4.78, 5) is 15.6. The number of rotatable bonds is 3. The SMILES string of the molecule is Cc1cc(SC(C)C(=O)N2CCCCCC2)ccc1N. The van der Waals surface area contributed by atoms with Gasteiger partial charge in [-0.25, -0.2) is 0 Å². The van der Waals surface area contributed by atoms with E-state index in [1.165, 1.54) is 12.8 Å². The maximum absolute atomic E-state index is 12.5. The van der Waals surface area contributed by atoms with E-state index < -0.39 is 0 Å². The summed E-state index contributed by atoms with van der Waals surface area (Å²) in [6.07, 6.45) is 4.79. The van der Waals surface area contributed by atoms with Crippen molar-refractivity contribution >= 4 is 23.4 Å². The topological polar surface area (TPSA) is 46.3 Å². The van der Waals surface area contributed by atoms with Crippen molar-refractivity contribution in [3.05, 3.63) is 23.8 Å². The molecule has 110 valence electrons. The van der Waals surface area contributed by atoms with Crippen LogP contribution in [0.2, 0.25) is 0 Å². The van der Waals surface area contributed by atoms with Crippen LogP contribution in [0, 0.1) is 6.92 Å². The number of nitrogens with zero attached hydrogens (tertiary/aromatic N) is 1. The molecule has 1 aromatic carbocycles. The predicted octanol–water partition coefficient (Wildman–Crippen LogP) is 3.46. The van der Waals surface area contributed by atoms with Gasteiger partial charge in [-0.2, -0.15) is 0 Å². The Labute approximate surface area is 125 Å². The van der Waals surface area contributed by atoms with Gasteiger partial charge in [0.2, 0.25) is 5.91 Å². The number of anilines is 1. The van der Waals surface area contributed by atoms with Gasteiger partial charge in [0.1, 0.15) is 0 Å². The third-order valence-corrected chi connectivity index (χ3v) is 4.90. The summed E-state index contributed by atoms with van der Waals surface area (Å²) in [5, 5.41) is -0.0314. The minimum absolute atomic E-state index is 0.0314. The molecule has 2 N–H and O–H groups in total. The summed E-state index contributed by atoms with van der Waals surface area (Å²) in [6.45, 7) is 5.85.